The zero-order valence-electron chi connectivity index (χ0n) is 10.9. The van der Waals surface area contributed by atoms with E-state index in [1.165, 1.54) is 19.3 Å². The van der Waals surface area contributed by atoms with Crippen molar-refractivity contribution in [1.82, 2.24) is 0 Å². The highest BCUT2D eigenvalue weighted by molar-refractivity contribution is 5.13. The van der Waals surface area contributed by atoms with E-state index in [1.54, 1.807) is 0 Å². The Morgan fingerprint density at radius 2 is 1.62 bits per heavy atom. The van der Waals surface area contributed by atoms with Crippen LogP contribution in [-0.4, -0.2) is 22.4 Å². The van der Waals surface area contributed by atoms with Crippen molar-refractivity contribution in [3.8, 4) is 0 Å². The normalized spacial score (nSPS) is 22.8. The maximum atomic E-state index is 10.2. The van der Waals surface area contributed by atoms with E-state index < -0.39 is 12.2 Å². The first-order chi connectivity index (χ1) is 7.34. The molecule has 16 heavy (non-hydrogen) atoms. The van der Waals surface area contributed by atoms with Crippen molar-refractivity contribution in [2.45, 2.75) is 65.1 Å². The van der Waals surface area contributed by atoms with E-state index in [2.05, 4.69) is 6.58 Å². The highest BCUT2D eigenvalue weighted by atomic mass is 16.3. The van der Waals surface area contributed by atoms with E-state index in [0.29, 0.717) is 11.5 Å². The molecule has 2 heteroatoms. The van der Waals surface area contributed by atoms with Crippen LogP contribution in [0.3, 0.4) is 0 Å². The molecule has 1 saturated carbocycles. The maximum absolute atomic E-state index is 10.2. The van der Waals surface area contributed by atoms with Crippen LogP contribution in [-0.2, 0) is 0 Å². The van der Waals surface area contributed by atoms with Crippen LogP contribution in [0.15, 0.2) is 12.2 Å². The fraction of sp³-hybridized carbons (Fsp3) is 0.857. The first-order valence-electron chi connectivity index (χ1n) is 6.39. The fourth-order valence-corrected chi connectivity index (χ4v) is 2.47. The third-order valence-electron chi connectivity index (χ3n) is 3.65. The molecule has 1 aliphatic carbocycles. The number of hydrogen-bond acceptors (Lipinski definition) is 2. The topological polar surface area (TPSA) is 40.5 Å². The molecule has 2 unspecified atom stereocenters. The summed E-state index contributed by atoms with van der Waals surface area (Å²) in [5.41, 5.74) is 0.353. The lowest BCUT2D eigenvalue weighted by molar-refractivity contribution is 0.0424. The number of aliphatic hydroxyl groups is 2. The van der Waals surface area contributed by atoms with Crippen LogP contribution >= 0.6 is 0 Å². The average molecular weight is 226 g/mol. The van der Waals surface area contributed by atoms with E-state index in [1.807, 2.05) is 20.8 Å². The van der Waals surface area contributed by atoms with Crippen LogP contribution in [0.5, 0.6) is 0 Å². The minimum atomic E-state index is -0.621. The maximum Gasteiger partial charge on any atom is 0.0820 e. The Morgan fingerprint density at radius 3 is 2.06 bits per heavy atom. The molecule has 0 spiro atoms. The van der Waals surface area contributed by atoms with Crippen LogP contribution in [0, 0.1) is 11.3 Å². The molecule has 94 valence electrons. The second-order valence-electron chi connectivity index (χ2n) is 6.19. The van der Waals surface area contributed by atoms with Crippen molar-refractivity contribution < 1.29 is 10.2 Å². The van der Waals surface area contributed by atoms with E-state index in [9.17, 15) is 10.2 Å². The van der Waals surface area contributed by atoms with Crippen molar-refractivity contribution >= 4 is 0 Å². The van der Waals surface area contributed by atoms with E-state index in [4.69, 9.17) is 0 Å². The van der Waals surface area contributed by atoms with Crippen molar-refractivity contribution in [3.05, 3.63) is 12.2 Å². The van der Waals surface area contributed by atoms with Gasteiger partial charge in [0.15, 0.2) is 0 Å². The van der Waals surface area contributed by atoms with Gasteiger partial charge in [-0.1, -0.05) is 46.6 Å². The Labute approximate surface area is 99.4 Å². The smallest absolute Gasteiger partial charge is 0.0820 e. The van der Waals surface area contributed by atoms with Gasteiger partial charge in [0.25, 0.3) is 0 Å². The quantitative estimate of drug-likeness (QED) is 0.726. The zero-order valence-corrected chi connectivity index (χ0v) is 10.9. The molecule has 0 saturated heterocycles. The molecule has 0 aliphatic heterocycles. The van der Waals surface area contributed by atoms with Gasteiger partial charge >= 0.3 is 0 Å². The molecule has 0 aromatic rings. The molecule has 2 N–H and O–H groups in total. The Kier molecular flexibility index (Phi) is 4.57. The van der Waals surface area contributed by atoms with Crippen molar-refractivity contribution in [2.24, 2.45) is 11.3 Å². The molecular formula is C14H26O2. The summed E-state index contributed by atoms with van der Waals surface area (Å²) in [6.07, 6.45) is 4.64. The lowest BCUT2D eigenvalue weighted by Crippen LogP contribution is -2.36. The monoisotopic (exact) mass is 226 g/mol. The molecule has 0 aromatic carbocycles. The highest BCUT2D eigenvalue weighted by Crippen LogP contribution is 2.33. The van der Waals surface area contributed by atoms with Gasteiger partial charge in [-0.05, 0) is 29.7 Å². The second-order valence-corrected chi connectivity index (χ2v) is 6.19. The second kappa shape index (κ2) is 5.33. The van der Waals surface area contributed by atoms with E-state index in [-0.39, 0.29) is 5.41 Å². The fourth-order valence-electron chi connectivity index (χ4n) is 2.47. The molecule has 1 aliphatic rings. The van der Waals surface area contributed by atoms with Crippen LogP contribution < -0.4 is 0 Å². The van der Waals surface area contributed by atoms with Gasteiger partial charge in [-0.25, -0.2) is 0 Å². The Hall–Kier alpha value is -0.340. The van der Waals surface area contributed by atoms with Gasteiger partial charge in [0.05, 0.1) is 12.2 Å². The first-order valence-corrected chi connectivity index (χ1v) is 6.39. The Morgan fingerprint density at radius 1 is 1.12 bits per heavy atom. The van der Waals surface area contributed by atoms with Gasteiger partial charge in [-0.15, -0.1) is 0 Å². The summed E-state index contributed by atoms with van der Waals surface area (Å²) in [5, 5.41) is 20.3. The van der Waals surface area contributed by atoms with Crippen LogP contribution in [0.4, 0.5) is 0 Å². The van der Waals surface area contributed by atoms with E-state index in [0.717, 1.165) is 12.8 Å². The lowest BCUT2D eigenvalue weighted by atomic mass is 9.77. The molecule has 0 heterocycles. The van der Waals surface area contributed by atoms with Crippen molar-refractivity contribution in [2.75, 3.05) is 0 Å². The number of rotatable bonds is 3. The molecule has 2 atom stereocenters. The highest BCUT2D eigenvalue weighted by Gasteiger charge is 2.32. The van der Waals surface area contributed by atoms with Gasteiger partial charge in [0, 0.05) is 0 Å². The average Bonchev–Trinajstić information content (AvgIpc) is 2.26. The summed E-state index contributed by atoms with van der Waals surface area (Å²) in [6.45, 7) is 9.80. The van der Waals surface area contributed by atoms with Crippen molar-refractivity contribution in [3.63, 3.8) is 0 Å². The molecule has 1 fully saturated rings. The minimum Gasteiger partial charge on any atom is -0.388 e. The summed E-state index contributed by atoms with van der Waals surface area (Å²) in [7, 11) is 0. The molecule has 0 bridgehead atoms. The van der Waals surface area contributed by atoms with Gasteiger partial charge in [-0.3, -0.25) is 0 Å². The molecule has 0 aromatic heterocycles. The van der Waals surface area contributed by atoms with Gasteiger partial charge in [-0.2, -0.15) is 0 Å². The summed E-state index contributed by atoms with van der Waals surface area (Å²) in [5.74, 6) is 0.304. The summed E-state index contributed by atoms with van der Waals surface area (Å²) >= 11 is 0. The standard InChI is InChI=1S/C14H26O2/c1-10(13(16)14(2,3)4)12(15)11-8-6-5-7-9-11/h11-13,15-16H,1,5-9H2,2-4H3. The van der Waals surface area contributed by atoms with Crippen molar-refractivity contribution in [1.29, 1.82) is 0 Å². The van der Waals surface area contributed by atoms with Gasteiger partial charge in [0.1, 0.15) is 0 Å². The molecular weight excluding hydrogens is 200 g/mol. The van der Waals surface area contributed by atoms with Gasteiger partial charge < -0.3 is 10.2 Å². The zero-order chi connectivity index (χ0) is 12.3. The van der Waals surface area contributed by atoms with Crippen LogP contribution in [0.25, 0.3) is 0 Å². The largest absolute Gasteiger partial charge is 0.388 e. The third kappa shape index (κ3) is 3.33. The van der Waals surface area contributed by atoms with Crippen LogP contribution in [0.2, 0.25) is 0 Å². The Bertz CT molecular complexity index is 234. The lowest BCUT2D eigenvalue weighted by Gasteiger charge is -2.34. The van der Waals surface area contributed by atoms with Crippen LogP contribution in [0.1, 0.15) is 52.9 Å². The molecule has 2 nitrogen and oxygen atoms in total. The number of aliphatic hydroxyl groups excluding tert-OH is 2. The predicted molar refractivity (Wildman–Crippen MR) is 67.2 cm³/mol. The van der Waals surface area contributed by atoms with E-state index >= 15 is 0 Å². The predicted octanol–water partition coefficient (Wildman–Crippen LogP) is 2.89. The molecule has 0 amide bonds. The first kappa shape index (κ1) is 13.7. The number of hydrogen-bond donors (Lipinski definition) is 2. The summed E-state index contributed by atoms with van der Waals surface area (Å²) in [6, 6.07) is 0. The summed E-state index contributed by atoms with van der Waals surface area (Å²) in [4.78, 5) is 0. The molecule has 1 rings (SSSR count). The SMILES string of the molecule is C=C(C(O)C1CCCCC1)C(O)C(C)(C)C. The third-order valence-corrected chi connectivity index (χ3v) is 3.65. The minimum absolute atomic E-state index is 0.243. The Balaban J connectivity index is 2.58. The summed E-state index contributed by atoms with van der Waals surface area (Å²) < 4.78 is 0. The molecule has 0 radical (unpaired) electrons. The van der Waals surface area contributed by atoms with Gasteiger partial charge in [0.2, 0.25) is 0 Å².